The molecule has 0 unspecified atom stereocenters. The average molecular weight is 396 g/mol. The number of halogens is 2. The molecule has 1 aliphatic rings. The number of azo groups is 1. The van der Waals surface area contributed by atoms with Crippen molar-refractivity contribution in [2.45, 2.75) is 0 Å². The molecule has 9 nitrogen and oxygen atoms in total. The third-order valence-corrected chi connectivity index (χ3v) is 3.49. The minimum Gasteiger partial charge on any atom is -0.493 e. The lowest BCUT2D eigenvalue weighted by atomic mass is 10.2. The zero-order chi connectivity index (χ0) is 14.7. The van der Waals surface area contributed by atoms with E-state index in [-0.39, 0.29) is 54.1 Å². The third kappa shape index (κ3) is 6.24. The van der Waals surface area contributed by atoms with Crippen molar-refractivity contribution in [3.8, 4) is 5.88 Å². The van der Waals surface area contributed by atoms with Crippen molar-refractivity contribution >= 4 is 47.3 Å². The summed E-state index contributed by atoms with van der Waals surface area (Å²) in [5, 5.41) is 21.4. The van der Waals surface area contributed by atoms with Gasteiger partial charge in [0.05, 0.1) is 12.1 Å². The second-order valence-corrected chi connectivity index (χ2v) is 4.99. The quantitative estimate of drug-likeness (QED) is 0.649. The largest absolute Gasteiger partial charge is 0.493 e. The molecule has 0 radical (unpaired) electrons. The van der Waals surface area contributed by atoms with Crippen LogP contribution < -0.4 is 5.32 Å². The van der Waals surface area contributed by atoms with Gasteiger partial charge in [-0.25, -0.2) is 0 Å². The van der Waals surface area contributed by atoms with Gasteiger partial charge in [0.2, 0.25) is 5.88 Å². The van der Waals surface area contributed by atoms with Crippen LogP contribution in [0.2, 0.25) is 0 Å². The van der Waals surface area contributed by atoms with E-state index in [1.165, 1.54) is 0 Å². The molecule has 2 heterocycles. The molecule has 1 amide bonds. The second-order valence-electron chi connectivity index (χ2n) is 4.99. The van der Waals surface area contributed by atoms with Gasteiger partial charge in [-0.2, -0.15) is 0 Å². The molecule has 7 N–H and O–H groups in total. The highest BCUT2D eigenvalue weighted by Gasteiger charge is 2.14. The summed E-state index contributed by atoms with van der Waals surface area (Å²) in [5.74, 6) is -0.378. The molecule has 0 aliphatic carbocycles. The minimum absolute atomic E-state index is 0. The predicted octanol–water partition coefficient (Wildman–Crippen LogP) is 0.583. The molecule has 25 heavy (non-hydrogen) atoms. The number of piperazine rings is 1. The third-order valence-electron chi connectivity index (χ3n) is 3.49. The van der Waals surface area contributed by atoms with Gasteiger partial charge in [-0.05, 0) is 6.07 Å². The highest BCUT2D eigenvalue weighted by atomic mass is 35.5. The number of benzene rings is 1. The molecule has 0 saturated carbocycles. The number of nitrogens with zero attached hydrogens (tertiary/aromatic N) is 3. The standard InChI is InChI=1S/C14H17N5O2.2ClH.2H2O/c20-12(9-19-7-5-15-6-8-19)17-18-13-10-3-1-2-4-11(10)16-14(13)21;;;;/h1-4,15-16,21H,5-9H2;2*1H;2*1H2. The van der Waals surface area contributed by atoms with Crippen molar-refractivity contribution in [1.82, 2.24) is 15.2 Å². The first kappa shape index (κ1) is 25.5. The van der Waals surface area contributed by atoms with E-state index in [0.29, 0.717) is 5.69 Å². The van der Waals surface area contributed by atoms with Gasteiger partial charge in [0.15, 0.2) is 5.69 Å². The number of amides is 1. The van der Waals surface area contributed by atoms with Crippen LogP contribution >= 0.6 is 24.8 Å². The Morgan fingerprint density at radius 2 is 1.80 bits per heavy atom. The molecule has 1 saturated heterocycles. The Kier molecular flexibility index (Phi) is 12.0. The molecular weight excluding hydrogens is 373 g/mol. The fourth-order valence-electron chi connectivity index (χ4n) is 2.41. The first-order valence-corrected chi connectivity index (χ1v) is 6.91. The van der Waals surface area contributed by atoms with Crippen LogP contribution in [0.5, 0.6) is 5.88 Å². The van der Waals surface area contributed by atoms with Crippen LogP contribution in [0.15, 0.2) is 34.5 Å². The summed E-state index contributed by atoms with van der Waals surface area (Å²) in [4.78, 5) is 16.7. The van der Waals surface area contributed by atoms with Crippen LogP contribution in [0.4, 0.5) is 5.69 Å². The molecule has 1 aromatic carbocycles. The van der Waals surface area contributed by atoms with E-state index in [0.717, 1.165) is 37.1 Å². The second kappa shape index (κ2) is 11.7. The topological polar surface area (TPSA) is 156 Å². The average Bonchev–Trinajstić information content (AvgIpc) is 2.81. The molecule has 142 valence electrons. The van der Waals surface area contributed by atoms with Crippen molar-refractivity contribution < 1.29 is 20.9 Å². The van der Waals surface area contributed by atoms with Crippen molar-refractivity contribution in [2.24, 2.45) is 10.2 Å². The summed E-state index contributed by atoms with van der Waals surface area (Å²) in [6, 6.07) is 7.35. The number of aromatic nitrogens is 1. The van der Waals surface area contributed by atoms with E-state index >= 15 is 0 Å². The van der Waals surface area contributed by atoms with Crippen LogP contribution in [0.3, 0.4) is 0 Å². The number of hydrogen-bond donors (Lipinski definition) is 3. The summed E-state index contributed by atoms with van der Waals surface area (Å²) in [6.07, 6.45) is 0. The van der Waals surface area contributed by atoms with E-state index in [9.17, 15) is 9.90 Å². The van der Waals surface area contributed by atoms with Gasteiger partial charge >= 0.3 is 0 Å². The first-order valence-electron chi connectivity index (χ1n) is 6.91. The number of aromatic hydroxyl groups is 1. The summed E-state index contributed by atoms with van der Waals surface area (Å²) >= 11 is 0. The van der Waals surface area contributed by atoms with E-state index in [1.54, 1.807) is 0 Å². The van der Waals surface area contributed by atoms with Crippen LogP contribution in [-0.2, 0) is 4.79 Å². The molecule has 3 rings (SSSR count). The molecule has 11 heteroatoms. The summed E-state index contributed by atoms with van der Waals surface area (Å²) in [7, 11) is 0. The number of aromatic amines is 1. The summed E-state index contributed by atoms with van der Waals surface area (Å²) < 4.78 is 0. The number of rotatable bonds is 3. The Morgan fingerprint density at radius 1 is 1.16 bits per heavy atom. The Labute approximate surface area is 156 Å². The minimum atomic E-state index is -0.304. The lowest BCUT2D eigenvalue weighted by Crippen LogP contribution is -2.45. The molecule has 2 aromatic rings. The molecular formula is C14H23Cl2N5O4. The van der Waals surface area contributed by atoms with Gasteiger partial charge in [-0.15, -0.1) is 35.0 Å². The number of nitrogens with one attached hydrogen (secondary N) is 2. The van der Waals surface area contributed by atoms with Crippen molar-refractivity contribution in [2.75, 3.05) is 32.7 Å². The van der Waals surface area contributed by atoms with Gasteiger partial charge < -0.3 is 26.4 Å². The number of para-hydroxylation sites is 1. The van der Waals surface area contributed by atoms with Crippen LogP contribution in [0.25, 0.3) is 10.9 Å². The molecule has 1 aromatic heterocycles. The van der Waals surface area contributed by atoms with Crippen LogP contribution in [0.1, 0.15) is 0 Å². The summed E-state index contributed by atoms with van der Waals surface area (Å²) in [6.45, 7) is 3.69. The maximum atomic E-state index is 11.8. The first-order chi connectivity index (χ1) is 10.2. The predicted molar refractivity (Wildman–Crippen MR) is 101 cm³/mol. The molecule has 0 bridgehead atoms. The van der Waals surface area contributed by atoms with Crippen molar-refractivity contribution in [3.05, 3.63) is 24.3 Å². The van der Waals surface area contributed by atoms with Gasteiger partial charge in [-0.3, -0.25) is 9.69 Å². The SMILES string of the molecule is Cl.Cl.O.O.O=C(CN1CCNCC1)N=Nc1c(O)[nH]c2ccccc12. The number of carbonyl (C=O) groups excluding carboxylic acids is 1. The lowest BCUT2D eigenvalue weighted by Gasteiger charge is -2.25. The molecule has 0 atom stereocenters. The number of H-pyrrole nitrogens is 1. The molecule has 0 spiro atoms. The van der Waals surface area contributed by atoms with Crippen molar-refractivity contribution in [1.29, 1.82) is 0 Å². The Morgan fingerprint density at radius 3 is 2.48 bits per heavy atom. The van der Waals surface area contributed by atoms with Gasteiger partial charge in [-0.1, -0.05) is 18.2 Å². The monoisotopic (exact) mass is 395 g/mol. The van der Waals surface area contributed by atoms with Gasteiger partial charge in [0.1, 0.15) is 0 Å². The van der Waals surface area contributed by atoms with E-state index in [4.69, 9.17) is 0 Å². The van der Waals surface area contributed by atoms with Gasteiger partial charge in [0, 0.05) is 31.6 Å². The number of carbonyl (C=O) groups is 1. The maximum absolute atomic E-state index is 11.8. The molecule has 1 fully saturated rings. The fourth-order valence-corrected chi connectivity index (χ4v) is 2.41. The Balaban J connectivity index is 0. The fraction of sp³-hybridized carbons (Fsp3) is 0.357. The number of fused-ring (bicyclic) bond motifs is 1. The number of hydrogen-bond acceptors (Lipinski definition) is 5. The van der Waals surface area contributed by atoms with Crippen LogP contribution in [0, 0.1) is 0 Å². The van der Waals surface area contributed by atoms with E-state index in [2.05, 4.69) is 20.5 Å². The zero-order valence-corrected chi connectivity index (χ0v) is 15.0. The van der Waals surface area contributed by atoms with E-state index < -0.39 is 0 Å². The van der Waals surface area contributed by atoms with Crippen LogP contribution in [-0.4, -0.2) is 64.6 Å². The smallest absolute Gasteiger partial charge is 0.278 e. The summed E-state index contributed by atoms with van der Waals surface area (Å²) in [5.41, 5.74) is 1.07. The lowest BCUT2D eigenvalue weighted by molar-refractivity contribution is -0.119. The highest BCUT2D eigenvalue weighted by molar-refractivity contribution is 5.94. The van der Waals surface area contributed by atoms with E-state index in [1.807, 2.05) is 29.2 Å². The highest BCUT2D eigenvalue weighted by Crippen LogP contribution is 2.35. The molecule has 1 aliphatic heterocycles. The zero-order valence-electron chi connectivity index (χ0n) is 13.4. The normalized spacial score (nSPS) is 14.1. The Bertz CT molecular complexity index is 689. The van der Waals surface area contributed by atoms with Gasteiger partial charge in [0.25, 0.3) is 5.91 Å². The van der Waals surface area contributed by atoms with Crippen molar-refractivity contribution in [3.63, 3.8) is 0 Å². The maximum Gasteiger partial charge on any atom is 0.278 e. The Hall–Kier alpha value is -1.75.